The molecular weight excluding hydrogens is 238 g/mol. The Hall–Kier alpha value is -2.19. The Bertz CT molecular complexity index is 555. The lowest BCUT2D eigenvalue weighted by molar-refractivity contribution is 0.512. The maximum absolute atomic E-state index is 5.47. The highest BCUT2D eigenvalue weighted by Crippen LogP contribution is 2.17. The summed E-state index contributed by atoms with van der Waals surface area (Å²) in [5, 5.41) is 14.6. The van der Waals surface area contributed by atoms with Crippen molar-refractivity contribution in [1.29, 1.82) is 0 Å². The van der Waals surface area contributed by atoms with Gasteiger partial charge in [0.05, 0.1) is 11.7 Å². The van der Waals surface area contributed by atoms with Crippen molar-refractivity contribution in [3.05, 3.63) is 36.2 Å². The zero-order valence-electron chi connectivity index (χ0n) is 11.1. The summed E-state index contributed by atoms with van der Waals surface area (Å²) in [7, 11) is 0. The summed E-state index contributed by atoms with van der Waals surface area (Å²) in [6, 6.07) is 8.34. The van der Waals surface area contributed by atoms with Crippen LogP contribution in [0.3, 0.4) is 0 Å². The molecule has 5 nitrogen and oxygen atoms in total. The first-order chi connectivity index (χ1) is 9.24. The van der Waals surface area contributed by atoms with Crippen LogP contribution >= 0.6 is 0 Å². The van der Waals surface area contributed by atoms with Crippen molar-refractivity contribution in [2.24, 2.45) is 0 Å². The summed E-state index contributed by atoms with van der Waals surface area (Å²) in [4.78, 5) is 0. The topological polar surface area (TPSA) is 55.6 Å². The Morgan fingerprint density at radius 2 is 2.32 bits per heavy atom. The van der Waals surface area contributed by atoms with Crippen LogP contribution in [0.5, 0.6) is 0 Å². The van der Waals surface area contributed by atoms with Crippen LogP contribution in [0.1, 0.15) is 31.9 Å². The SMILES string of the molecule is C#CC(CC)NC(C)c1cccc(-n2cnnn2)c1. The molecule has 1 aromatic heterocycles. The number of hydrogen-bond acceptors (Lipinski definition) is 4. The van der Waals surface area contributed by atoms with Gasteiger partial charge in [-0.05, 0) is 41.5 Å². The second kappa shape index (κ2) is 6.12. The molecule has 0 spiro atoms. The van der Waals surface area contributed by atoms with Crippen molar-refractivity contribution in [2.75, 3.05) is 0 Å². The van der Waals surface area contributed by atoms with E-state index >= 15 is 0 Å². The summed E-state index contributed by atoms with van der Waals surface area (Å²) in [5.41, 5.74) is 2.09. The lowest BCUT2D eigenvalue weighted by atomic mass is 10.1. The third-order valence-electron chi connectivity index (χ3n) is 3.04. The highest BCUT2D eigenvalue weighted by atomic mass is 15.5. The van der Waals surface area contributed by atoms with Crippen LogP contribution in [0.4, 0.5) is 0 Å². The van der Waals surface area contributed by atoms with Gasteiger partial charge >= 0.3 is 0 Å². The smallest absolute Gasteiger partial charge is 0.143 e. The summed E-state index contributed by atoms with van der Waals surface area (Å²) >= 11 is 0. The molecule has 0 aliphatic rings. The molecule has 2 unspecified atom stereocenters. The molecule has 5 heteroatoms. The van der Waals surface area contributed by atoms with Crippen molar-refractivity contribution in [2.45, 2.75) is 32.4 Å². The van der Waals surface area contributed by atoms with E-state index in [0.717, 1.165) is 17.7 Å². The van der Waals surface area contributed by atoms with Crippen LogP contribution in [0.2, 0.25) is 0 Å². The van der Waals surface area contributed by atoms with Crippen LogP contribution in [0.15, 0.2) is 30.6 Å². The van der Waals surface area contributed by atoms with Gasteiger partial charge in [-0.3, -0.25) is 5.32 Å². The summed E-state index contributed by atoms with van der Waals surface area (Å²) in [5.74, 6) is 2.75. The Labute approximate surface area is 113 Å². The molecule has 0 amide bonds. The number of rotatable bonds is 5. The molecule has 98 valence electrons. The third kappa shape index (κ3) is 3.18. The highest BCUT2D eigenvalue weighted by Gasteiger charge is 2.10. The van der Waals surface area contributed by atoms with Gasteiger partial charge in [0.15, 0.2) is 0 Å². The van der Waals surface area contributed by atoms with Gasteiger partial charge in [-0.2, -0.15) is 0 Å². The van der Waals surface area contributed by atoms with Gasteiger partial charge in [0, 0.05) is 6.04 Å². The molecule has 0 bridgehead atoms. The molecule has 0 radical (unpaired) electrons. The van der Waals surface area contributed by atoms with Gasteiger partial charge in [0.1, 0.15) is 6.33 Å². The first kappa shape index (κ1) is 13.2. The average Bonchev–Trinajstić information content (AvgIpc) is 2.99. The number of nitrogens with one attached hydrogen (secondary N) is 1. The fourth-order valence-corrected chi connectivity index (χ4v) is 1.90. The largest absolute Gasteiger partial charge is 0.297 e. The van der Waals surface area contributed by atoms with Crippen molar-refractivity contribution < 1.29 is 0 Å². The molecule has 0 saturated carbocycles. The zero-order valence-corrected chi connectivity index (χ0v) is 11.1. The second-order valence-corrected chi connectivity index (χ2v) is 4.37. The van der Waals surface area contributed by atoms with Crippen molar-refractivity contribution in [3.8, 4) is 18.0 Å². The van der Waals surface area contributed by atoms with Gasteiger partial charge in [-0.1, -0.05) is 25.0 Å². The molecule has 0 aliphatic heterocycles. The van der Waals surface area contributed by atoms with Gasteiger partial charge in [0.25, 0.3) is 0 Å². The first-order valence-electron chi connectivity index (χ1n) is 6.30. The van der Waals surface area contributed by atoms with Gasteiger partial charge in [0.2, 0.25) is 0 Å². The van der Waals surface area contributed by atoms with Crippen LogP contribution in [0.25, 0.3) is 5.69 Å². The summed E-state index contributed by atoms with van der Waals surface area (Å²) < 4.78 is 1.63. The van der Waals surface area contributed by atoms with Crippen LogP contribution in [0, 0.1) is 12.3 Å². The molecule has 0 saturated heterocycles. The van der Waals surface area contributed by atoms with E-state index in [1.807, 2.05) is 12.1 Å². The lowest BCUT2D eigenvalue weighted by Gasteiger charge is -2.19. The zero-order chi connectivity index (χ0) is 13.7. The predicted molar refractivity (Wildman–Crippen MR) is 73.6 cm³/mol. The molecule has 1 N–H and O–H groups in total. The Morgan fingerprint density at radius 1 is 1.47 bits per heavy atom. The quantitative estimate of drug-likeness (QED) is 0.827. The second-order valence-electron chi connectivity index (χ2n) is 4.37. The Balaban J connectivity index is 2.17. The van der Waals surface area contributed by atoms with E-state index in [1.54, 1.807) is 11.0 Å². The fourth-order valence-electron chi connectivity index (χ4n) is 1.90. The van der Waals surface area contributed by atoms with Gasteiger partial charge in [-0.25, -0.2) is 4.68 Å². The minimum Gasteiger partial charge on any atom is -0.297 e. The standard InChI is InChI=1S/C14H17N5/c1-4-13(5-2)16-11(3)12-7-6-8-14(9-12)19-10-15-17-18-19/h1,6-11,13,16H,5H2,2-3H3. The molecule has 0 fully saturated rings. The molecule has 2 rings (SSSR count). The fraction of sp³-hybridized carbons (Fsp3) is 0.357. The number of terminal acetylenes is 1. The molecule has 19 heavy (non-hydrogen) atoms. The molecule has 2 atom stereocenters. The summed E-state index contributed by atoms with van der Waals surface area (Å²) in [6.07, 6.45) is 7.96. The minimum absolute atomic E-state index is 0.0895. The van der Waals surface area contributed by atoms with Gasteiger partial charge < -0.3 is 0 Å². The molecule has 1 heterocycles. The van der Waals surface area contributed by atoms with Gasteiger partial charge in [-0.15, -0.1) is 11.5 Å². The monoisotopic (exact) mass is 255 g/mol. The number of benzene rings is 1. The number of hydrogen-bond donors (Lipinski definition) is 1. The van der Waals surface area contributed by atoms with Crippen LogP contribution < -0.4 is 5.32 Å². The van der Waals surface area contributed by atoms with Crippen molar-refractivity contribution in [3.63, 3.8) is 0 Å². The first-order valence-corrected chi connectivity index (χ1v) is 6.30. The number of tetrazole rings is 1. The van der Waals surface area contributed by atoms with Crippen LogP contribution in [-0.4, -0.2) is 26.2 Å². The lowest BCUT2D eigenvalue weighted by Crippen LogP contribution is -2.29. The average molecular weight is 255 g/mol. The summed E-state index contributed by atoms with van der Waals surface area (Å²) in [6.45, 7) is 4.17. The van der Waals surface area contributed by atoms with E-state index < -0.39 is 0 Å². The van der Waals surface area contributed by atoms with E-state index in [-0.39, 0.29) is 12.1 Å². The van der Waals surface area contributed by atoms with E-state index in [4.69, 9.17) is 6.42 Å². The maximum Gasteiger partial charge on any atom is 0.143 e. The number of nitrogens with zero attached hydrogens (tertiary/aromatic N) is 4. The number of aromatic nitrogens is 4. The van der Waals surface area contributed by atoms with Crippen molar-refractivity contribution >= 4 is 0 Å². The molecule has 0 aliphatic carbocycles. The maximum atomic E-state index is 5.47. The van der Waals surface area contributed by atoms with E-state index in [0.29, 0.717) is 0 Å². The minimum atomic E-state index is 0.0895. The Kier molecular flexibility index (Phi) is 4.26. The van der Waals surface area contributed by atoms with E-state index in [9.17, 15) is 0 Å². The normalized spacial score (nSPS) is 13.7. The Morgan fingerprint density at radius 3 is 2.95 bits per heavy atom. The van der Waals surface area contributed by atoms with Crippen LogP contribution in [-0.2, 0) is 0 Å². The predicted octanol–water partition coefficient (Wildman–Crippen LogP) is 1.72. The molecule has 2 aromatic rings. The molecular formula is C14H17N5. The third-order valence-corrected chi connectivity index (χ3v) is 3.04. The molecule has 1 aromatic carbocycles. The highest BCUT2D eigenvalue weighted by molar-refractivity contribution is 5.35. The van der Waals surface area contributed by atoms with Crippen molar-refractivity contribution in [1.82, 2.24) is 25.5 Å². The van der Waals surface area contributed by atoms with E-state index in [2.05, 4.69) is 52.7 Å². The van der Waals surface area contributed by atoms with E-state index in [1.165, 1.54) is 0 Å².